The van der Waals surface area contributed by atoms with Gasteiger partial charge in [-0.05, 0) is 37.2 Å². The number of rotatable bonds is 1. The minimum absolute atomic E-state index is 0.279. The third-order valence-electron chi connectivity index (χ3n) is 3.99. The largest absolute Gasteiger partial charge is 0.388 e. The maximum Gasteiger partial charge on any atom is 0.0826 e. The summed E-state index contributed by atoms with van der Waals surface area (Å²) in [6.45, 7) is 0. The van der Waals surface area contributed by atoms with E-state index in [0.717, 1.165) is 50.0 Å². The molecule has 0 aromatic carbocycles. The Kier molecular flexibility index (Phi) is 3.10. The molecule has 0 spiro atoms. The van der Waals surface area contributed by atoms with Gasteiger partial charge in [0.15, 0.2) is 0 Å². The Hall–Kier alpha value is 0.270. The molecule has 3 heteroatoms. The normalized spacial score (nSPS) is 31.3. The van der Waals surface area contributed by atoms with E-state index in [2.05, 4.69) is 0 Å². The summed E-state index contributed by atoms with van der Waals surface area (Å²) in [5, 5.41) is 10.6. The predicted octanol–water partition coefficient (Wildman–Crippen LogP) is 1.91. The summed E-state index contributed by atoms with van der Waals surface area (Å²) in [5.74, 6) is 2.25. The van der Waals surface area contributed by atoms with Gasteiger partial charge in [-0.1, -0.05) is 19.3 Å². The second-order valence-electron chi connectivity index (χ2n) is 4.86. The molecule has 0 atom stereocenters. The summed E-state index contributed by atoms with van der Waals surface area (Å²) < 4.78 is 0. The molecule has 0 aromatic rings. The van der Waals surface area contributed by atoms with E-state index in [9.17, 15) is 5.11 Å². The van der Waals surface area contributed by atoms with Gasteiger partial charge in [-0.3, -0.25) is 0 Å². The number of aliphatic hydroxyl groups is 1. The van der Waals surface area contributed by atoms with E-state index in [1.54, 1.807) is 0 Å². The van der Waals surface area contributed by atoms with Crippen LogP contribution in [-0.2, 0) is 0 Å². The fourth-order valence-corrected chi connectivity index (χ4v) is 4.06. The Balaban J connectivity index is 2.09. The van der Waals surface area contributed by atoms with Crippen LogP contribution >= 0.6 is 11.8 Å². The molecule has 1 saturated carbocycles. The second-order valence-corrected chi connectivity index (χ2v) is 6.09. The van der Waals surface area contributed by atoms with E-state index in [-0.39, 0.29) is 5.54 Å². The SMILES string of the molecule is NC1(C2(O)CCCCC2)CCSCC1. The van der Waals surface area contributed by atoms with Crippen molar-refractivity contribution in [3.05, 3.63) is 0 Å². The van der Waals surface area contributed by atoms with E-state index >= 15 is 0 Å². The molecule has 1 saturated heterocycles. The number of hydrogen-bond donors (Lipinski definition) is 2. The maximum atomic E-state index is 10.6. The van der Waals surface area contributed by atoms with Gasteiger partial charge in [0.05, 0.1) is 5.60 Å². The highest BCUT2D eigenvalue weighted by Gasteiger charge is 2.47. The molecule has 0 aromatic heterocycles. The van der Waals surface area contributed by atoms with Crippen molar-refractivity contribution in [3.8, 4) is 0 Å². The number of thioether (sulfide) groups is 1. The van der Waals surface area contributed by atoms with Gasteiger partial charge in [-0.2, -0.15) is 11.8 Å². The van der Waals surface area contributed by atoms with Crippen molar-refractivity contribution in [1.29, 1.82) is 0 Å². The molecule has 0 amide bonds. The number of nitrogens with two attached hydrogens (primary N) is 1. The van der Waals surface area contributed by atoms with Gasteiger partial charge in [-0.25, -0.2) is 0 Å². The lowest BCUT2D eigenvalue weighted by atomic mass is 9.68. The molecule has 82 valence electrons. The Morgan fingerprint density at radius 2 is 1.50 bits per heavy atom. The average Bonchev–Trinajstić information content (AvgIpc) is 2.20. The fraction of sp³-hybridized carbons (Fsp3) is 1.00. The van der Waals surface area contributed by atoms with Gasteiger partial charge in [0.25, 0.3) is 0 Å². The van der Waals surface area contributed by atoms with Crippen LogP contribution in [0.2, 0.25) is 0 Å². The predicted molar refractivity (Wildman–Crippen MR) is 61.5 cm³/mol. The third kappa shape index (κ3) is 1.82. The molecule has 2 fully saturated rings. The average molecular weight is 215 g/mol. The highest BCUT2D eigenvalue weighted by atomic mass is 32.2. The van der Waals surface area contributed by atoms with Gasteiger partial charge in [0.2, 0.25) is 0 Å². The smallest absolute Gasteiger partial charge is 0.0826 e. The maximum absolute atomic E-state index is 10.6. The Morgan fingerprint density at radius 3 is 2.07 bits per heavy atom. The molecule has 2 aliphatic rings. The lowest BCUT2D eigenvalue weighted by Crippen LogP contribution is -2.62. The second kappa shape index (κ2) is 4.03. The van der Waals surface area contributed by atoms with E-state index in [1.165, 1.54) is 6.42 Å². The zero-order chi connectivity index (χ0) is 10.1. The van der Waals surface area contributed by atoms with Crippen molar-refractivity contribution >= 4 is 11.8 Å². The summed E-state index contributed by atoms with van der Waals surface area (Å²) in [6, 6.07) is 0. The summed E-state index contributed by atoms with van der Waals surface area (Å²) in [5.41, 5.74) is 5.58. The molecule has 0 bridgehead atoms. The van der Waals surface area contributed by atoms with Gasteiger partial charge < -0.3 is 10.8 Å². The molecule has 0 radical (unpaired) electrons. The van der Waals surface area contributed by atoms with Crippen LogP contribution < -0.4 is 5.73 Å². The first kappa shape index (κ1) is 10.8. The first-order valence-corrected chi connectivity index (χ1v) is 6.91. The minimum Gasteiger partial charge on any atom is -0.388 e. The molecule has 14 heavy (non-hydrogen) atoms. The van der Waals surface area contributed by atoms with Crippen molar-refractivity contribution in [2.75, 3.05) is 11.5 Å². The van der Waals surface area contributed by atoms with Crippen LogP contribution in [0.1, 0.15) is 44.9 Å². The first-order valence-electron chi connectivity index (χ1n) is 5.75. The van der Waals surface area contributed by atoms with Crippen molar-refractivity contribution in [2.24, 2.45) is 5.73 Å². The van der Waals surface area contributed by atoms with Crippen molar-refractivity contribution < 1.29 is 5.11 Å². The van der Waals surface area contributed by atoms with Gasteiger partial charge in [0, 0.05) is 5.54 Å². The van der Waals surface area contributed by atoms with Crippen LogP contribution in [0.3, 0.4) is 0 Å². The molecule has 1 aliphatic heterocycles. The van der Waals surface area contributed by atoms with Gasteiger partial charge in [-0.15, -0.1) is 0 Å². The zero-order valence-corrected chi connectivity index (χ0v) is 9.61. The molecule has 0 unspecified atom stereocenters. The Bertz CT molecular complexity index is 173. The lowest BCUT2D eigenvalue weighted by Gasteiger charge is -2.49. The van der Waals surface area contributed by atoms with Gasteiger partial charge >= 0.3 is 0 Å². The van der Waals surface area contributed by atoms with Crippen LogP contribution in [0.15, 0.2) is 0 Å². The van der Waals surface area contributed by atoms with Crippen molar-refractivity contribution in [1.82, 2.24) is 0 Å². The van der Waals surface area contributed by atoms with Crippen LogP contribution in [-0.4, -0.2) is 27.8 Å². The van der Waals surface area contributed by atoms with Gasteiger partial charge in [0.1, 0.15) is 0 Å². The molecule has 1 heterocycles. The summed E-state index contributed by atoms with van der Waals surface area (Å²) in [4.78, 5) is 0. The first-order chi connectivity index (χ1) is 6.66. The molecule has 1 aliphatic carbocycles. The quantitative estimate of drug-likeness (QED) is 0.702. The topological polar surface area (TPSA) is 46.2 Å². The summed E-state index contributed by atoms with van der Waals surface area (Å²) in [6.07, 6.45) is 7.42. The molecular weight excluding hydrogens is 194 g/mol. The molecule has 3 N–H and O–H groups in total. The van der Waals surface area contributed by atoms with Crippen LogP contribution in [0, 0.1) is 0 Å². The molecular formula is C11H21NOS. The molecule has 2 nitrogen and oxygen atoms in total. The van der Waals surface area contributed by atoms with E-state index < -0.39 is 5.60 Å². The number of hydrogen-bond acceptors (Lipinski definition) is 3. The van der Waals surface area contributed by atoms with Crippen molar-refractivity contribution in [3.63, 3.8) is 0 Å². The van der Waals surface area contributed by atoms with E-state index in [0.29, 0.717) is 0 Å². The summed E-state index contributed by atoms with van der Waals surface area (Å²) in [7, 11) is 0. The van der Waals surface area contributed by atoms with E-state index in [1.807, 2.05) is 11.8 Å². The highest BCUT2D eigenvalue weighted by Crippen LogP contribution is 2.42. The summed E-state index contributed by atoms with van der Waals surface area (Å²) >= 11 is 1.97. The monoisotopic (exact) mass is 215 g/mol. The van der Waals surface area contributed by atoms with Crippen molar-refractivity contribution in [2.45, 2.75) is 56.1 Å². The standard InChI is InChI=1S/C11H21NOS/c12-10(6-8-14-9-7-10)11(13)4-2-1-3-5-11/h13H,1-9,12H2. The lowest BCUT2D eigenvalue weighted by molar-refractivity contribution is -0.0679. The zero-order valence-electron chi connectivity index (χ0n) is 8.80. The van der Waals surface area contributed by atoms with E-state index in [4.69, 9.17) is 5.73 Å². The fourth-order valence-electron chi connectivity index (χ4n) is 2.84. The Morgan fingerprint density at radius 1 is 0.929 bits per heavy atom. The highest BCUT2D eigenvalue weighted by molar-refractivity contribution is 7.99. The van der Waals surface area contributed by atoms with Crippen LogP contribution in [0.5, 0.6) is 0 Å². The molecule has 2 rings (SSSR count). The van der Waals surface area contributed by atoms with Crippen LogP contribution in [0.25, 0.3) is 0 Å². The third-order valence-corrected chi connectivity index (χ3v) is 4.98. The minimum atomic E-state index is -0.549. The Labute approximate surface area is 90.6 Å². The van der Waals surface area contributed by atoms with Crippen LogP contribution in [0.4, 0.5) is 0 Å².